The SMILES string of the molecule is COC(=O)CCCCCO[C@@H]1O[C@H](CO)[C@@H](O)[C@H](O[C@H]2O[C@@H](C)[C@@H](O)[C@@H](O)[C@@H]2O)[C@H]1N1C(=O)c2ccccc2C1=O. The molecule has 0 aromatic heterocycles. The lowest BCUT2D eigenvalue weighted by Gasteiger charge is -2.48. The number of aliphatic hydroxyl groups excluding tert-OH is 5. The predicted octanol–water partition coefficient (Wildman–Crippen LogP) is -1.31. The molecule has 0 saturated carbocycles. The minimum absolute atomic E-state index is 0.0664. The number of hydrogen-bond acceptors (Lipinski definition) is 13. The van der Waals surface area contributed by atoms with Crippen molar-refractivity contribution < 1.29 is 63.6 Å². The second-order valence-corrected chi connectivity index (χ2v) is 10.3. The molecule has 1 aromatic carbocycles. The van der Waals surface area contributed by atoms with Gasteiger partial charge in [0.05, 0.1) is 30.9 Å². The van der Waals surface area contributed by atoms with E-state index < -0.39 is 79.8 Å². The van der Waals surface area contributed by atoms with E-state index in [0.29, 0.717) is 19.3 Å². The van der Waals surface area contributed by atoms with Crippen LogP contribution in [0.3, 0.4) is 0 Å². The fourth-order valence-electron chi connectivity index (χ4n) is 5.23. The first kappa shape index (κ1) is 31.4. The maximum Gasteiger partial charge on any atom is 0.305 e. The van der Waals surface area contributed by atoms with E-state index in [9.17, 15) is 39.9 Å². The minimum atomic E-state index is -1.75. The third kappa shape index (κ3) is 6.45. The van der Waals surface area contributed by atoms with E-state index in [0.717, 1.165) is 4.90 Å². The molecule has 2 saturated heterocycles. The number of benzene rings is 1. The fraction of sp³-hybridized carbons (Fsp3) is 0.667. The molecule has 228 valence electrons. The van der Waals surface area contributed by atoms with Crippen LogP contribution in [0.4, 0.5) is 0 Å². The molecule has 3 heterocycles. The standard InChI is InChI=1S/C27H37NO13/c1-13-19(31)21(33)22(34)27(39-13)41-23-18(28-24(35)14-8-5-6-9-15(14)25(28)36)26(40-16(12-29)20(23)32)38-11-7-3-4-10-17(30)37-2/h5-6,8-9,13,16,18-23,26-27,29,31-34H,3-4,7,10-12H2,1-2H3/t13-,16+,18+,19+,20+,21+,22-,23+,26+,27+/m0/s1. The van der Waals surface area contributed by atoms with Crippen molar-refractivity contribution in [2.75, 3.05) is 20.3 Å². The normalized spacial score (nSPS) is 35.4. The number of carbonyl (C=O) groups excluding carboxylic acids is 3. The molecule has 0 aliphatic carbocycles. The molecule has 2 fully saturated rings. The Bertz CT molecular complexity index is 1050. The van der Waals surface area contributed by atoms with Crippen LogP contribution in [0.2, 0.25) is 0 Å². The summed E-state index contributed by atoms with van der Waals surface area (Å²) in [6.07, 6.45) is -11.4. The van der Waals surface area contributed by atoms with Crippen molar-refractivity contribution in [2.45, 2.75) is 94.0 Å². The Hall–Kier alpha value is -2.53. The second kappa shape index (κ2) is 13.6. The summed E-state index contributed by atoms with van der Waals surface area (Å²) in [5.74, 6) is -1.72. The number of hydrogen-bond donors (Lipinski definition) is 5. The third-order valence-corrected chi connectivity index (χ3v) is 7.58. The Labute approximate surface area is 236 Å². The number of unbranched alkanes of at least 4 members (excludes halogenated alkanes) is 2. The smallest absolute Gasteiger partial charge is 0.305 e. The maximum absolute atomic E-state index is 13.5. The number of imide groups is 1. The lowest BCUT2D eigenvalue weighted by Crippen LogP contribution is -2.68. The lowest BCUT2D eigenvalue weighted by atomic mass is 9.94. The molecule has 5 N–H and O–H groups in total. The lowest BCUT2D eigenvalue weighted by molar-refractivity contribution is -0.345. The van der Waals surface area contributed by atoms with Gasteiger partial charge in [0, 0.05) is 13.0 Å². The van der Waals surface area contributed by atoms with Crippen molar-refractivity contribution in [3.05, 3.63) is 35.4 Å². The quantitative estimate of drug-likeness (QED) is 0.117. The summed E-state index contributed by atoms with van der Waals surface area (Å²) in [6, 6.07) is 4.74. The van der Waals surface area contributed by atoms with Gasteiger partial charge in [-0.15, -0.1) is 0 Å². The molecule has 14 nitrogen and oxygen atoms in total. The first-order valence-corrected chi connectivity index (χ1v) is 13.6. The zero-order chi connectivity index (χ0) is 29.8. The Balaban J connectivity index is 1.61. The number of ether oxygens (including phenoxy) is 5. The van der Waals surface area contributed by atoms with Crippen LogP contribution in [0, 0.1) is 0 Å². The van der Waals surface area contributed by atoms with Crippen LogP contribution < -0.4 is 0 Å². The van der Waals surface area contributed by atoms with Gasteiger partial charge in [0.1, 0.15) is 42.7 Å². The Morgan fingerprint density at radius 2 is 1.56 bits per heavy atom. The molecule has 3 aliphatic rings. The summed E-state index contributed by atoms with van der Waals surface area (Å²) in [5, 5.41) is 52.1. The topological polar surface area (TPSA) is 202 Å². The highest BCUT2D eigenvalue weighted by Crippen LogP contribution is 2.36. The highest BCUT2D eigenvalue weighted by Gasteiger charge is 2.56. The molecule has 41 heavy (non-hydrogen) atoms. The van der Waals surface area contributed by atoms with Crippen LogP contribution in [0.5, 0.6) is 0 Å². The molecule has 0 radical (unpaired) electrons. The first-order chi connectivity index (χ1) is 19.6. The molecule has 14 heteroatoms. The third-order valence-electron chi connectivity index (χ3n) is 7.58. The van der Waals surface area contributed by atoms with E-state index in [4.69, 9.17) is 18.9 Å². The molecule has 0 bridgehead atoms. The van der Waals surface area contributed by atoms with Crippen molar-refractivity contribution in [1.29, 1.82) is 0 Å². The van der Waals surface area contributed by atoms with Gasteiger partial charge < -0.3 is 49.2 Å². The number of esters is 1. The van der Waals surface area contributed by atoms with Crippen molar-refractivity contribution >= 4 is 17.8 Å². The Kier molecular flexibility index (Phi) is 10.4. The molecular formula is C27H37NO13. The van der Waals surface area contributed by atoms with Gasteiger partial charge in [-0.25, -0.2) is 0 Å². The van der Waals surface area contributed by atoms with Gasteiger partial charge in [-0.2, -0.15) is 0 Å². The molecular weight excluding hydrogens is 546 g/mol. The van der Waals surface area contributed by atoms with Gasteiger partial charge in [0.25, 0.3) is 11.8 Å². The van der Waals surface area contributed by atoms with Gasteiger partial charge in [0.2, 0.25) is 0 Å². The van der Waals surface area contributed by atoms with E-state index in [1.807, 2.05) is 0 Å². The van der Waals surface area contributed by atoms with Crippen molar-refractivity contribution in [1.82, 2.24) is 4.90 Å². The van der Waals surface area contributed by atoms with Crippen LogP contribution in [-0.2, 0) is 28.5 Å². The minimum Gasteiger partial charge on any atom is -0.469 e. The highest BCUT2D eigenvalue weighted by atomic mass is 16.7. The number of amides is 2. The summed E-state index contributed by atoms with van der Waals surface area (Å²) < 4.78 is 27.9. The molecule has 10 atom stereocenters. The number of methoxy groups -OCH3 is 1. The van der Waals surface area contributed by atoms with Gasteiger partial charge in [-0.05, 0) is 31.9 Å². The van der Waals surface area contributed by atoms with E-state index in [1.54, 1.807) is 12.1 Å². The largest absolute Gasteiger partial charge is 0.469 e. The second-order valence-electron chi connectivity index (χ2n) is 10.3. The van der Waals surface area contributed by atoms with E-state index >= 15 is 0 Å². The van der Waals surface area contributed by atoms with Crippen LogP contribution in [0.25, 0.3) is 0 Å². The van der Waals surface area contributed by atoms with Gasteiger partial charge in [0.15, 0.2) is 12.6 Å². The highest BCUT2D eigenvalue weighted by molar-refractivity contribution is 6.21. The Morgan fingerprint density at radius 3 is 2.17 bits per heavy atom. The molecule has 4 rings (SSSR count). The number of nitrogens with zero attached hydrogens (tertiary/aromatic N) is 1. The number of carbonyl (C=O) groups is 3. The van der Waals surface area contributed by atoms with Crippen molar-refractivity contribution in [3.63, 3.8) is 0 Å². The average molecular weight is 584 g/mol. The van der Waals surface area contributed by atoms with Gasteiger partial charge >= 0.3 is 5.97 Å². The van der Waals surface area contributed by atoms with Crippen LogP contribution in [0.1, 0.15) is 53.3 Å². The monoisotopic (exact) mass is 583 g/mol. The number of aliphatic hydroxyl groups is 5. The van der Waals surface area contributed by atoms with E-state index in [2.05, 4.69) is 4.74 Å². The first-order valence-electron chi connectivity index (χ1n) is 13.6. The van der Waals surface area contributed by atoms with Crippen LogP contribution in [-0.4, -0.2) is 130 Å². The zero-order valence-electron chi connectivity index (χ0n) is 22.8. The van der Waals surface area contributed by atoms with Gasteiger partial charge in [-0.1, -0.05) is 18.6 Å². The number of fused-ring (bicyclic) bond motifs is 1. The zero-order valence-corrected chi connectivity index (χ0v) is 22.8. The summed E-state index contributed by atoms with van der Waals surface area (Å²) >= 11 is 0. The Morgan fingerprint density at radius 1 is 0.902 bits per heavy atom. The molecule has 3 aliphatic heterocycles. The van der Waals surface area contributed by atoms with E-state index in [1.165, 1.54) is 26.2 Å². The van der Waals surface area contributed by atoms with Crippen LogP contribution >= 0.6 is 0 Å². The van der Waals surface area contributed by atoms with Crippen LogP contribution in [0.15, 0.2) is 24.3 Å². The summed E-state index contributed by atoms with van der Waals surface area (Å²) in [5.41, 5.74) is 0.246. The molecule has 1 aromatic rings. The number of rotatable bonds is 11. The van der Waals surface area contributed by atoms with Gasteiger partial charge in [-0.3, -0.25) is 19.3 Å². The summed E-state index contributed by atoms with van der Waals surface area (Å²) in [6.45, 7) is 0.832. The average Bonchev–Trinajstić information content (AvgIpc) is 3.22. The van der Waals surface area contributed by atoms with Crippen molar-refractivity contribution in [2.24, 2.45) is 0 Å². The van der Waals surface area contributed by atoms with E-state index in [-0.39, 0.29) is 30.1 Å². The predicted molar refractivity (Wildman–Crippen MR) is 136 cm³/mol. The molecule has 0 spiro atoms. The van der Waals surface area contributed by atoms with Crippen molar-refractivity contribution in [3.8, 4) is 0 Å². The molecule has 0 unspecified atom stereocenters. The summed E-state index contributed by atoms with van der Waals surface area (Å²) in [4.78, 5) is 39.2. The summed E-state index contributed by atoms with van der Waals surface area (Å²) in [7, 11) is 1.30. The maximum atomic E-state index is 13.5. The fourth-order valence-corrected chi connectivity index (χ4v) is 5.23. The molecule has 2 amide bonds.